The van der Waals surface area contributed by atoms with Crippen LogP contribution >= 0.6 is 24.8 Å². The third kappa shape index (κ3) is 3.26. The van der Waals surface area contributed by atoms with Gasteiger partial charge in [0, 0.05) is 36.8 Å². The van der Waals surface area contributed by atoms with Crippen LogP contribution in [0.3, 0.4) is 0 Å². The lowest BCUT2D eigenvalue weighted by Gasteiger charge is -2.17. The first-order valence-corrected chi connectivity index (χ1v) is 5.80. The van der Waals surface area contributed by atoms with Gasteiger partial charge in [-0.05, 0) is 23.8 Å². The van der Waals surface area contributed by atoms with Crippen LogP contribution in [0.5, 0.6) is 0 Å². The van der Waals surface area contributed by atoms with Gasteiger partial charge in [-0.25, -0.2) is 4.39 Å². The van der Waals surface area contributed by atoms with Crippen molar-refractivity contribution in [1.82, 2.24) is 15.5 Å². The summed E-state index contributed by atoms with van der Waals surface area (Å²) < 4.78 is 12.9. The van der Waals surface area contributed by atoms with Crippen molar-refractivity contribution in [3.8, 4) is 0 Å². The number of nitrogens with one attached hydrogen (secondary N) is 2. The zero-order valence-corrected chi connectivity index (χ0v) is 11.8. The van der Waals surface area contributed by atoms with Crippen LogP contribution in [0.2, 0.25) is 0 Å². The van der Waals surface area contributed by atoms with E-state index in [2.05, 4.69) is 15.5 Å². The van der Waals surface area contributed by atoms with Crippen LogP contribution in [0.4, 0.5) is 4.39 Å². The number of benzene rings is 1. The third-order valence-corrected chi connectivity index (χ3v) is 3.43. The van der Waals surface area contributed by atoms with E-state index in [1.165, 1.54) is 17.7 Å². The van der Waals surface area contributed by atoms with E-state index in [9.17, 15) is 4.39 Å². The summed E-state index contributed by atoms with van der Waals surface area (Å²) in [6, 6.07) is 8.80. The van der Waals surface area contributed by atoms with E-state index in [1.54, 1.807) is 6.20 Å². The molecule has 1 fully saturated rings. The van der Waals surface area contributed by atoms with Gasteiger partial charge in [-0.2, -0.15) is 5.10 Å². The number of aromatic amines is 1. The number of halogens is 3. The number of nitrogens with zero attached hydrogens (tertiary/aromatic N) is 1. The molecule has 1 aromatic carbocycles. The van der Waals surface area contributed by atoms with Crippen molar-refractivity contribution in [2.24, 2.45) is 0 Å². The van der Waals surface area contributed by atoms with Gasteiger partial charge in [0.05, 0.1) is 0 Å². The fraction of sp³-hybridized carbons (Fsp3) is 0.308. The summed E-state index contributed by atoms with van der Waals surface area (Å²) in [4.78, 5) is 0. The van der Waals surface area contributed by atoms with Crippen LogP contribution in [-0.2, 0) is 0 Å². The first-order chi connectivity index (χ1) is 8.34. The van der Waals surface area contributed by atoms with Gasteiger partial charge in [0.15, 0.2) is 0 Å². The number of hydrogen-bond acceptors (Lipinski definition) is 2. The molecule has 2 atom stereocenters. The lowest BCUT2D eigenvalue weighted by atomic mass is 9.87. The molecule has 1 saturated heterocycles. The molecule has 2 aromatic rings. The highest BCUT2D eigenvalue weighted by molar-refractivity contribution is 5.85. The van der Waals surface area contributed by atoms with Crippen molar-refractivity contribution in [3.05, 3.63) is 53.6 Å². The van der Waals surface area contributed by atoms with Crippen LogP contribution in [0.15, 0.2) is 36.5 Å². The Morgan fingerprint density at radius 2 is 1.68 bits per heavy atom. The Morgan fingerprint density at radius 1 is 1.00 bits per heavy atom. The highest BCUT2D eigenvalue weighted by Gasteiger charge is 2.30. The van der Waals surface area contributed by atoms with Crippen LogP contribution in [0.1, 0.15) is 23.1 Å². The van der Waals surface area contributed by atoms with Gasteiger partial charge >= 0.3 is 0 Å². The highest BCUT2D eigenvalue weighted by atomic mass is 35.5. The molecule has 0 amide bonds. The maximum absolute atomic E-state index is 12.9. The molecule has 104 valence electrons. The van der Waals surface area contributed by atoms with Gasteiger partial charge in [-0.15, -0.1) is 24.8 Å². The van der Waals surface area contributed by atoms with Crippen LogP contribution < -0.4 is 5.32 Å². The van der Waals surface area contributed by atoms with Crippen molar-refractivity contribution < 1.29 is 4.39 Å². The van der Waals surface area contributed by atoms with Crippen molar-refractivity contribution >= 4 is 24.8 Å². The van der Waals surface area contributed by atoms with Gasteiger partial charge < -0.3 is 5.32 Å². The van der Waals surface area contributed by atoms with E-state index in [4.69, 9.17) is 0 Å². The summed E-state index contributed by atoms with van der Waals surface area (Å²) in [5.74, 6) is 0.594. The van der Waals surface area contributed by atoms with Gasteiger partial charge in [-0.3, -0.25) is 5.10 Å². The largest absolute Gasteiger partial charge is 0.315 e. The zero-order chi connectivity index (χ0) is 11.7. The topological polar surface area (TPSA) is 40.7 Å². The Kier molecular flexibility index (Phi) is 5.79. The Bertz CT molecular complexity index is 487. The SMILES string of the molecule is Cl.Cl.Fc1ccc([C@@H]2CNC[C@@H]2c2ccn[nH]2)cc1. The Hall–Kier alpha value is -1.10. The smallest absolute Gasteiger partial charge is 0.123 e. The molecule has 6 heteroatoms. The molecule has 2 N–H and O–H groups in total. The van der Waals surface area contributed by atoms with Crippen molar-refractivity contribution in [3.63, 3.8) is 0 Å². The molecule has 0 radical (unpaired) electrons. The second-order valence-electron chi connectivity index (χ2n) is 4.43. The van der Waals surface area contributed by atoms with E-state index in [0.717, 1.165) is 18.8 Å². The van der Waals surface area contributed by atoms with Crippen LogP contribution in [0, 0.1) is 5.82 Å². The van der Waals surface area contributed by atoms with E-state index in [1.807, 2.05) is 18.2 Å². The van der Waals surface area contributed by atoms with E-state index in [0.29, 0.717) is 11.8 Å². The van der Waals surface area contributed by atoms with E-state index in [-0.39, 0.29) is 30.6 Å². The molecule has 0 spiro atoms. The summed E-state index contributed by atoms with van der Waals surface area (Å²) in [5, 5.41) is 10.4. The molecule has 2 heterocycles. The standard InChI is InChI=1S/C13H14FN3.2ClH/c14-10-3-1-9(2-4-10)11-7-15-8-12(11)13-5-6-16-17-13;;/h1-6,11-12,15H,7-8H2,(H,16,17);2*1H/t11-,12-;;/m0../s1. The maximum atomic E-state index is 12.9. The van der Waals surface area contributed by atoms with Gasteiger partial charge in [-0.1, -0.05) is 12.1 Å². The quantitative estimate of drug-likeness (QED) is 0.895. The predicted octanol–water partition coefficient (Wildman–Crippen LogP) is 2.86. The second-order valence-corrected chi connectivity index (χ2v) is 4.43. The molecule has 1 aromatic heterocycles. The summed E-state index contributed by atoms with van der Waals surface area (Å²) in [7, 11) is 0. The van der Waals surface area contributed by atoms with Crippen molar-refractivity contribution in [1.29, 1.82) is 0 Å². The molecule has 3 rings (SSSR count). The zero-order valence-electron chi connectivity index (χ0n) is 10.2. The minimum Gasteiger partial charge on any atom is -0.315 e. The molecule has 3 nitrogen and oxygen atoms in total. The summed E-state index contributed by atoms with van der Waals surface area (Å²) in [6.45, 7) is 1.86. The molecule has 1 aliphatic heterocycles. The predicted molar refractivity (Wildman–Crippen MR) is 77.8 cm³/mol. The molecule has 0 saturated carbocycles. The van der Waals surface area contributed by atoms with Gasteiger partial charge in [0.2, 0.25) is 0 Å². The number of hydrogen-bond donors (Lipinski definition) is 2. The summed E-state index contributed by atoms with van der Waals surface area (Å²) >= 11 is 0. The highest BCUT2D eigenvalue weighted by Crippen LogP contribution is 2.34. The third-order valence-electron chi connectivity index (χ3n) is 3.43. The summed E-state index contributed by atoms with van der Waals surface area (Å²) in [6.07, 6.45) is 1.77. The van der Waals surface area contributed by atoms with Crippen LogP contribution in [-0.4, -0.2) is 23.3 Å². The minimum absolute atomic E-state index is 0. The number of aromatic nitrogens is 2. The van der Waals surface area contributed by atoms with Gasteiger partial charge in [0.25, 0.3) is 0 Å². The lowest BCUT2D eigenvalue weighted by molar-refractivity contribution is 0.618. The first kappa shape index (κ1) is 16.0. The second kappa shape index (κ2) is 6.89. The Morgan fingerprint density at radius 3 is 2.32 bits per heavy atom. The molecular weight excluding hydrogens is 288 g/mol. The van der Waals surface area contributed by atoms with Crippen molar-refractivity contribution in [2.45, 2.75) is 11.8 Å². The molecule has 0 unspecified atom stereocenters. The van der Waals surface area contributed by atoms with Crippen LogP contribution in [0.25, 0.3) is 0 Å². The molecule has 0 bridgehead atoms. The lowest BCUT2D eigenvalue weighted by Crippen LogP contribution is -2.09. The fourth-order valence-corrected chi connectivity index (χ4v) is 2.54. The number of H-pyrrole nitrogens is 1. The monoisotopic (exact) mass is 303 g/mol. The average Bonchev–Trinajstić information content (AvgIpc) is 3.00. The molecule has 19 heavy (non-hydrogen) atoms. The van der Waals surface area contributed by atoms with Crippen molar-refractivity contribution in [2.75, 3.05) is 13.1 Å². The maximum Gasteiger partial charge on any atom is 0.123 e. The molecule has 0 aliphatic carbocycles. The Balaban J connectivity index is 0.000000902. The summed E-state index contributed by atoms with van der Waals surface area (Å²) in [5.41, 5.74) is 2.32. The van der Waals surface area contributed by atoms with E-state index >= 15 is 0 Å². The van der Waals surface area contributed by atoms with Gasteiger partial charge in [0.1, 0.15) is 5.82 Å². The molecule has 1 aliphatic rings. The molecular formula is C13H16Cl2FN3. The normalized spacial score (nSPS) is 21.5. The van der Waals surface area contributed by atoms with E-state index < -0.39 is 0 Å². The fourth-order valence-electron chi connectivity index (χ4n) is 2.54. The minimum atomic E-state index is -0.183. The Labute approximate surface area is 123 Å². The average molecular weight is 304 g/mol. The first-order valence-electron chi connectivity index (χ1n) is 5.80. The number of rotatable bonds is 2.